The van der Waals surface area contributed by atoms with Crippen molar-refractivity contribution in [3.8, 4) is 0 Å². The minimum atomic E-state index is -5.88. The van der Waals surface area contributed by atoms with Crippen molar-refractivity contribution in [2.45, 2.75) is 0 Å². The molecule has 0 heterocycles. The van der Waals surface area contributed by atoms with E-state index in [1.165, 1.54) is 0 Å². The van der Waals surface area contributed by atoms with E-state index in [-0.39, 0.29) is 240 Å². The minimum absolute atomic E-state index is 0. The van der Waals surface area contributed by atoms with Crippen LogP contribution < -0.4 is 49.3 Å². The quantitative estimate of drug-likeness (QED) is 0.206. The normalized spacial score (nSPS) is 8.43. The number of hydrogen-bond donors (Lipinski definition) is 0. The predicted molar refractivity (Wildman–Crippen MR) is 48.1 cm³/mol. The second-order valence-electron chi connectivity index (χ2n) is 1.34. The molecule has 0 saturated heterocycles. The van der Waals surface area contributed by atoms with E-state index in [1.54, 1.807) is 0 Å². The van der Waals surface area contributed by atoms with Gasteiger partial charge in [-0.25, -0.2) is 0 Å². The van der Waals surface area contributed by atoms with Crippen molar-refractivity contribution in [1.82, 2.24) is 0 Å². The zero-order valence-electron chi connectivity index (χ0n) is 10.2. The zero-order chi connectivity index (χ0) is 13.5. The Hall–Kier alpha value is 8.41. The van der Waals surface area contributed by atoms with Crippen LogP contribution in [0, 0.1) is 0 Å². The average molecular weight is 890 g/mol. The van der Waals surface area contributed by atoms with Gasteiger partial charge in [-0.2, -0.15) is 0 Å². The van der Waals surface area contributed by atoms with Gasteiger partial charge in [-0.05, 0) is 0 Å². The summed E-state index contributed by atoms with van der Waals surface area (Å²) in [6, 6.07) is 0. The summed E-state index contributed by atoms with van der Waals surface area (Å²) >= 11 is -17.6. The molecular weight excluding hydrogens is 890 g/mol. The third kappa shape index (κ3) is 280. The smallest absolute Gasteiger partial charge is 1.00 e. The number of hydrogen-bond acceptors (Lipinski definition) is 12. The molecule has 0 amide bonds. The molecule has 0 aliphatic carbocycles. The van der Waals surface area contributed by atoms with Crippen molar-refractivity contribution in [3.05, 3.63) is 0 Å². The molecular formula is As3ClO12Sr5. The minimum Gasteiger partial charge on any atom is -1.00 e. The van der Waals surface area contributed by atoms with Gasteiger partial charge in [-0.1, -0.05) is 0 Å². The van der Waals surface area contributed by atoms with Crippen molar-refractivity contribution in [2.75, 3.05) is 0 Å². The largest absolute Gasteiger partial charge is 2.00 e. The van der Waals surface area contributed by atoms with Crippen LogP contribution in [0.2, 0.25) is 0 Å². The molecule has 21 heteroatoms. The maximum absolute atomic E-state index is 8.61. The molecule has 21 heavy (non-hydrogen) atoms. The molecule has 0 aliphatic rings. The summed E-state index contributed by atoms with van der Waals surface area (Å²) in [7, 11) is 0. The molecule has 0 aromatic carbocycles. The summed E-state index contributed by atoms with van der Waals surface area (Å²) < 4.78 is 103. The maximum atomic E-state index is 8.61. The molecule has 0 aliphatic heterocycles. The van der Waals surface area contributed by atoms with Crippen LogP contribution in [0.4, 0.5) is 0 Å². The number of rotatable bonds is 0. The van der Waals surface area contributed by atoms with Gasteiger partial charge in [0.1, 0.15) is 0 Å². The molecule has 0 fully saturated rings. The van der Waals surface area contributed by atoms with Crippen LogP contribution in [-0.4, -0.2) is 271 Å². The van der Waals surface area contributed by atoms with Gasteiger partial charge in [-0.15, -0.1) is 0 Å². The second kappa shape index (κ2) is 30.6. The van der Waals surface area contributed by atoms with Gasteiger partial charge in [0.2, 0.25) is 0 Å². The Morgan fingerprint density at radius 1 is 0.381 bits per heavy atom. The Kier molecular flexibility index (Phi) is 83.0. The number of halogens is 1. The third-order valence-electron chi connectivity index (χ3n) is 0. The first kappa shape index (κ1) is 57.0. The van der Waals surface area contributed by atoms with E-state index in [4.69, 9.17) is 48.1 Å². The van der Waals surface area contributed by atoms with Crippen LogP contribution in [0.3, 0.4) is 0 Å². The summed E-state index contributed by atoms with van der Waals surface area (Å²) in [5.41, 5.74) is 0. The van der Waals surface area contributed by atoms with E-state index >= 15 is 0 Å². The van der Waals surface area contributed by atoms with Crippen molar-refractivity contribution >= 4 is 271 Å². The van der Waals surface area contributed by atoms with E-state index in [0.29, 0.717) is 0 Å². The van der Waals surface area contributed by atoms with Crippen LogP contribution in [-0.2, 0) is 11.2 Å². The van der Waals surface area contributed by atoms with Gasteiger partial charge in [-0.3, -0.25) is 0 Å². The van der Waals surface area contributed by atoms with Crippen LogP contribution >= 0.6 is 0 Å². The molecule has 0 aromatic rings. The van der Waals surface area contributed by atoms with Gasteiger partial charge < -0.3 is 12.4 Å². The monoisotopic (exact) mass is 891 g/mol. The molecule has 0 atom stereocenters. The fourth-order valence-corrected chi connectivity index (χ4v) is 0. The fraction of sp³-hybridized carbons (Fsp3) is 0. The van der Waals surface area contributed by atoms with Gasteiger partial charge in [0.05, 0.1) is 0 Å². The molecule has 0 rings (SSSR count). The first-order chi connectivity index (χ1) is 6.00. The Morgan fingerprint density at radius 3 is 0.381 bits per heavy atom. The molecule has 12 nitrogen and oxygen atoms in total. The Bertz CT molecular complexity index is 219. The molecule has 0 unspecified atom stereocenters. The fourth-order valence-electron chi connectivity index (χ4n) is 0. The Morgan fingerprint density at radius 2 is 0.381 bits per heavy atom. The summed E-state index contributed by atoms with van der Waals surface area (Å²) in [6.07, 6.45) is 0. The molecule has 0 aromatic heterocycles. The molecule has 0 bridgehead atoms. The zero-order valence-corrected chi connectivity index (χ0v) is 33.9. The molecule has 104 valence electrons. The van der Waals surface area contributed by atoms with Crippen molar-refractivity contribution in [1.29, 1.82) is 0 Å². The van der Waals surface area contributed by atoms with Gasteiger partial charge >= 0.3 is 319 Å². The summed E-state index contributed by atoms with van der Waals surface area (Å²) in [4.78, 5) is 0. The van der Waals surface area contributed by atoms with Crippen LogP contribution in [0.1, 0.15) is 0 Å². The molecule has 0 spiro atoms. The molecule has 0 radical (unpaired) electrons. The summed E-state index contributed by atoms with van der Waals surface area (Å²) in [5, 5.41) is 0. The average Bonchev–Trinajstić information content (AvgIpc) is 1.41. The van der Waals surface area contributed by atoms with Crippen LogP contribution in [0.15, 0.2) is 0 Å². The van der Waals surface area contributed by atoms with Crippen molar-refractivity contribution < 1.29 is 60.5 Å². The van der Waals surface area contributed by atoms with Gasteiger partial charge in [0.15, 0.2) is 0 Å². The topological polar surface area (TPSA) is 259 Å². The third-order valence-corrected chi connectivity index (χ3v) is 0. The Balaban J connectivity index is -0.0000000129. The standard InChI is InChI=1S/3AsH3O4.ClH.5Sr/c3*2-1(3,4)5;;;;;;/h3*(H3,2,3,4,5);1H;;;;;/q;;;;5*+2/p-10. The predicted octanol–water partition coefficient (Wildman–Crippen LogP) is -17.1. The SMILES string of the molecule is O=[As]([O-])([O-])[O-].O=[As]([O-])([O-])[O-].O=[As]([O-])([O-])[O-].[Cl-].[Sr+2].[Sr+2].[Sr+2].[Sr+2].[Sr+2]. The molecule has 0 N–H and O–H groups in total. The van der Waals surface area contributed by atoms with Crippen molar-refractivity contribution in [3.63, 3.8) is 0 Å². The Labute approximate surface area is 321 Å². The van der Waals surface area contributed by atoms with Crippen LogP contribution in [0.5, 0.6) is 0 Å². The molecule has 0 saturated carbocycles. The second-order valence-corrected chi connectivity index (χ2v) is 6.97. The van der Waals surface area contributed by atoms with E-state index in [9.17, 15) is 0 Å². The van der Waals surface area contributed by atoms with E-state index in [1.807, 2.05) is 0 Å². The first-order valence-corrected chi connectivity index (χ1v) is 11.4. The van der Waals surface area contributed by atoms with E-state index in [0.717, 1.165) is 0 Å². The van der Waals surface area contributed by atoms with Crippen molar-refractivity contribution in [2.24, 2.45) is 0 Å². The van der Waals surface area contributed by atoms with E-state index < -0.39 is 43.5 Å². The summed E-state index contributed by atoms with van der Waals surface area (Å²) in [6.45, 7) is 0. The maximum Gasteiger partial charge on any atom is 2.00 e. The van der Waals surface area contributed by atoms with Gasteiger partial charge in [0.25, 0.3) is 0 Å². The van der Waals surface area contributed by atoms with E-state index in [2.05, 4.69) is 0 Å². The van der Waals surface area contributed by atoms with Crippen LogP contribution in [0.25, 0.3) is 0 Å². The van der Waals surface area contributed by atoms with Gasteiger partial charge in [0, 0.05) is 0 Å². The summed E-state index contributed by atoms with van der Waals surface area (Å²) in [5.74, 6) is 0. The first-order valence-electron chi connectivity index (χ1n) is 2.19.